The zero-order valence-electron chi connectivity index (χ0n) is 12.1. The van der Waals surface area contributed by atoms with Crippen molar-refractivity contribution in [1.82, 2.24) is 20.0 Å². The molecule has 18 heavy (non-hydrogen) atoms. The van der Waals surface area contributed by atoms with Crippen LogP contribution >= 0.6 is 0 Å². The lowest BCUT2D eigenvalue weighted by molar-refractivity contribution is 0.0396. The van der Waals surface area contributed by atoms with Crippen molar-refractivity contribution in [3.63, 3.8) is 0 Å². The van der Waals surface area contributed by atoms with Crippen molar-refractivity contribution < 1.29 is 0 Å². The zero-order valence-corrected chi connectivity index (χ0v) is 12.1. The van der Waals surface area contributed by atoms with Crippen molar-refractivity contribution in [2.24, 2.45) is 7.05 Å². The van der Waals surface area contributed by atoms with Gasteiger partial charge in [-0.3, -0.25) is 9.58 Å². The van der Waals surface area contributed by atoms with Crippen molar-refractivity contribution in [1.29, 1.82) is 0 Å². The largest absolute Gasteiger partial charge is 0.311 e. The summed E-state index contributed by atoms with van der Waals surface area (Å²) in [4.78, 5) is 2.60. The number of piperazine rings is 1. The fourth-order valence-corrected chi connectivity index (χ4v) is 2.65. The van der Waals surface area contributed by atoms with E-state index in [4.69, 9.17) is 0 Å². The van der Waals surface area contributed by atoms with Gasteiger partial charge in [0.25, 0.3) is 0 Å². The highest BCUT2D eigenvalue weighted by atomic mass is 15.3. The molecule has 4 nitrogen and oxygen atoms in total. The van der Waals surface area contributed by atoms with Crippen LogP contribution in [0.5, 0.6) is 0 Å². The molecule has 0 saturated carbocycles. The Labute approximate surface area is 110 Å². The van der Waals surface area contributed by atoms with E-state index in [9.17, 15) is 0 Å². The molecule has 102 valence electrons. The molecule has 1 aliphatic rings. The van der Waals surface area contributed by atoms with Crippen molar-refractivity contribution in [2.75, 3.05) is 13.1 Å². The molecule has 1 N–H and O–H groups in total. The highest BCUT2D eigenvalue weighted by Gasteiger charge is 2.35. The van der Waals surface area contributed by atoms with Gasteiger partial charge in [0.2, 0.25) is 0 Å². The van der Waals surface area contributed by atoms with E-state index < -0.39 is 0 Å². The number of hydrogen-bond acceptors (Lipinski definition) is 3. The number of nitrogens with one attached hydrogen (secondary N) is 1. The Kier molecular flexibility index (Phi) is 4.07. The van der Waals surface area contributed by atoms with E-state index in [-0.39, 0.29) is 5.54 Å². The van der Waals surface area contributed by atoms with Gasteiger partial charge in [-0.1, -0.05) is 13.8 Å². The van der Waals surface area contributed by atoms with Crippen LogP contribution in [0.1, 0.15) is 39.3 Å². The van der Waals surface area contributed by atoms with Crippen LogP contribution in [-0.4, -0.2) is 39.4 Å². The van der Waals surface area contributed by atoms with Gasteiger partial charge in [0.15, 0.2) is 0 Å². The first kappa shape index (κ1) is 13.6. The van der Waals surface area contributed by atoms with Crippen LogP contribution in [0.25, 0.3) is 0 Å². The maximum atomic E-state index is 4.51. The lowest BCUT2D eigenvalue weighted by atomic mass is 9.91. The van der Waals surface area contributed by atoms with E-state index in [0.29, 0.717) is 6.04 Å². The molecule has 4 heteroatoms. The van der Waals surface area contributed by atoms with Crippen LogP contribution in [0.15, 0.2) is 12.3 Å². The van der Waals surface area contributed by atoms with Gasteiger partial charge in [-0.05, 0) is 25.8 Å². The summed E-state index contributed by atoms with van der Waals surface area (Å²) in [6.07, 6.45) is 4.39. The average molecular weight is 250 g/mol. The minimum absolute atomic E-state index is 0.253. The second kappa shape index (κ2) is 5.41. The molecule has 0 radical (unpaired) electrons. The average Bonchev–Trinajstić information content (AvgIpc) is 2.78. The van der Waals surface area contributed by atoms with Crippen LogP contribution in [-0.2, 0) is 13.6 Å². The van der Waals surface area contributed by atoms with Gasteiger partial charge in [0, 0.05) is 44.5 Å². The minimum Gasteiger partial charge on any atom is -0.311 e. The molecule has 2 unspecified atom stereocenters. The molecule has 2 heterocycles. The number of hydrogen-bond donors (Lipinski definition) is 1. The van der Waals surface area contributed by atoms with Gasteiger partial charge in [0.1, 0.15) is 0 Å². The summed E-state index contributed by atoms with van der Waals surface area (Å²) < 4.78 is 1.89. The van der Waals surface area contributed by atoms with Gasteiger partial charge in [-0.15, -0.1) is 0 Å². The Hall–Kier alpha value is -0.870. The Balaban J connectivity index is 2.10. The highest BCUT2D eigenvalue weighted by molar-refractivity contribution is 5.03. The molecule has 2 atom stereocenters. The quantitative estimate of drug-likeness (QED) is 0.884. The Morgan fingerprint density at radius 1 is 1.50 bits per heavy atom. The van der Waals surface area contributed by atoms with Gasteiger partial charge in [-0.2, -0.15) is 5.10 Å². The van der Waals surface area contributed by atoms with Gasteiger partial charge >= 0.3 is 0 Å². The van der Waals surface area contributed by atoms with Crippen LogP contribution in [0.4, 0.5) is 0 Å². The summed E-state index contributed by atoms with van der Waals surface area (Å²) in [5.41, 5.74) is 1.43. The normalized spacial score (nSPS) is 29.7. The number of nitrogens with zero attached hydrogens (tertiary/aromatic N) is 3. The fraction of sp³-hybridized carbons (Fsp3) is 0.786. The molecule has 2 rings (SSSR count). The third-order valence-electron chi connectivity index (χ3n) is 4.35. The fourth-order valence-electron chi connectivity index (χ4n) is 2.65. The van der Waals surface area contributed by atoms with E-state index in [1.54, 1.807) is 0 Å². The predicted octanol–water partition coefficient (Wildman–Crippen LogP) is 1.77. The first-order chi connectivity index (χ1) is 8.57. The van der Waals surface area contributed by atoms with Gasteiger partial charge < -0.3 is 5.32 Å². The molecule has 1 fully saturated rings. The second-order valence-electron chi connectivity index (χ2n) is 5.70. The van der Waals surface area contributed by atoms with Crippen molar-refractivity contribution in [3.8, 4) is 0 Å². The summed E-state index contributed by atoms with van der Waals surface area (Å²) in [6.45, 7) is 10.1. The maximum Gasteiger partial charge on any atom is 0.0764 e. The van der Waals surface area contributed by atoms with Crippen LogP contribution in [0.3, 0.4) is 0 Å². The summed E-state index contributed by atoms with van der Waals surface area (Å²) in [5, 5.41) is 8.17. The van der Waals surface area contributed by atoms with Crippen molar-refractivity contribution in [3.05, 3.63) is 18.0 Å². The maximum absolute atomic E-state index is 4.51. The topological polar surface area (TPSA) is 33.1 Å². The Morgan fingerprint density at radius 3 is 2.83 bits per heavy atom. The Bertz CT molecular complexity index is 387. The summed E-state index contributed by atoms with van der Waals surface area (Å²) in [7, 11) is 1.98. The van der Waals surface area contributed by atoms with Crippen LogP contribution in [0.2, 0.25) is 0 Å². The lowest BCUT2D eigenvalue weighted by Gasteiger charge is -2.47. The first-order valence-electron chi connectivity index (χ1n) is 7.04. The SMILES string of the molecule is CCC1CN(Cc2ccn(C)n2)C(C)(CC)CN1. The molecule has 0 spiro atoms. The van der Waals surface area contributed by atoms with Crippen LogP contribution < -0.4 is 5.32 Å². The van der Waals surface area contributed by atoms with E-state index in [2.05, 4.69) is 42.2 Å². The summed E-state index contributed by atoms with van der Waals surface area (Å²) in [5.74, 6) is 0. The first-order valence-corrected chi connectivity index (χ1v) is 7.04. The van der Waals surface area contributed by atoms with E-state index >= 15 is 0 Å². The molecule has 1 aromatic rings. The monoisotopic (exact) mass is 250 g/mol. The van der Waals surface area contributed by atoms with Gasteiger partial charge in [-0.25, -0.2) is 0 Å². The van der Waals surface area contributed by atoms with E-state index in [1.165, 1.54) is 18.5 Å². The molecular formula is C14H26N4. The standard InChI is InChI=1S/C14H26N4/c1-5-12-9-18(14(3,6-2)11-15-12)10-13-7-8-17(4)16-13/h7-8,12,15H,5-6,9-11H2,1-4H3. The summed E-state index contributed by atoms with van der Waals surface area (Å²) >= 11 is 0. The lowest BCUT2D eigenvalue weighted by Crippen LogP contribution is -2.62. The van der Waals surface area contributed by atoms with E-state index in [1.807, 2.05) is 17.9 Å². The van der Waals surface area contributed by atoms with E-state index in [0.717, 1.165) is 19.6 Å². The third-order valence-corrected chi connectivity index (χ3v) is 4.35. The molecule has 1 aliphatic heterocycles. The van der Waals surface area contributed by atoms with Crippen LogP contribution in [0, 0.1) is 0 Å². The minimum atomic E-state index is 0.253. The molecule has 0 bridgehead atoms. The Morgan fingerprint density at radius 2 is 2.28 bits per heavy atom. The molecule has 0 aliphatic carbocycles. The zero-order chi connectivity index (χ0) is 13.2. The smallest absolute Gasteiger partial charge is 0.0764 e. The molecule has 1 saturated heterocycles. The van der Waals surface area contributed by atoms with Crippen molar-refractivity contribution >= 4 is 0 Å². The highest BCUT2D eigenvalue weighted by Crippen LogP contribution is 2.25. The van der Waals surface area contributed by atoms with Crippen molar-refractivity contribution in [2.45, 2.75) is 51.7 Å². The second-order valence-corrected chi connectivity index (χ2v) is 5.70. The number of rotatable bonds is 4. The molecule has 1 aromatic heterocycles. The predicted molar refractivity (Wildman–Crippen MR) is 74.4 cm³/mol. The molecule has 0 aromatic carbocycles. The molecular weight excluding hydrogens is 224 g/mol. The number of aromatic nitrogens is 2. The molecule has 0 amide bonds. The number of aryl methyl sites for hydroxylation is 1. The third kappa shape index (κ3) is 2.75. The summed E-state index contributed by atoms with van der Waals surface area (Å²) in [6, 6.07) is 2.74. The van der Waals surface area contributed by atoms with Gasteiger partial charge in [0.05, 0.1) is 5.69 Å².